The van der Waals surface area contributed by atoms with Gasteiger partial charge in [-0.3, -0.25) is 4.79 Å². The number of carbonyl (C=O) groups excluding carboxylic acids is 1. The van der Waals surface area contributed by atoms with E-state index < -0.39 is 0 Å². The summed E-state index contributed by atoms with van der Waals surface area (Å²) in [6, 6.07) is 12.3. The van der Waals surface area contributed by atoms with Crippen molar-refractivity contribution < 1.29 is 4.79 Å². The lowest BCUT2D eigenvalue weighted by atomic mass is 9.84. The Labute approximate surface area is 126 Å². The van der Waals surface area contributed by atoms with Gasteiger partial charge < -0.3 is 0 Å². The van der Waals surface area contributed by atoms with Crippen LogP contribution in [-0.4, -0.2) is 6.29 Å². The predicted octanol–water partition coefficient (Wildman–Crippen LogP) is 5.42. The van der Waals surface area contributed by atoms with Gasteiger partial charge in [-0.2, -0.15) is 0 Å². The van der Waals surface area contributed by atoms with Crippen molar-refractivity contribution in [1.29, 1.82) is 0 Å². The summed E-state index contributed by atoms with van der Waals surface area (Å²) in [5.41, 5.74) is 7.42. The summed E-state index contributed by atoms with van der Waals surface area (Å²) in [4.78, 5) is 11.7. The molecule has 0 saturated heterocycles. The monoisotopic (exact) mass is 276 g/mol. The highest BCUT2D eigenvalue weighted by Crippen LogP contribution is 2.44. The van der Waals surface area contributed by atoms with Crippen molar-refractivity contribution in [3.05, 3.63) is 69.8 Å². The minimum atomic E-state index is 0.245. The fourth-order valence-electron chi connectivity index (χ4n) is 3.51. The molecule has 0 unspecified atom stereocenters. The van der Waals surface area contributed by atoms with Crippen molar-refractivity contribution in [2.24, 2.45) is 0 Å². The highest BCUT2D eigenvalue weighted by molar-refractivity contribution is 6.00. The number of allylic oxidation sites excluding steroid dienone is 4. The topological polar surface area (TPSA) is 17.1 Å². The zero-order valence-electron chi connectivity index (χ0n) is 13.0. The highest BCUT2D eigenvalue weighted by atomic mass is 16.1. The van der Waals surface area contributed by atoms with Gasteiger partial charge in [0.15, 0.2) is 6.29 Å². The van der Waals surface area contributed by atoms with Crippen molar-refractivity contribution in [3.63, 3.8) is 0 Å². The molecule has 1 aliphatic rings. The Morgan fingerprint density at radius 1 is 0.857 bits per heavy atom. The number of hydrogen-bond donors (Lipinski definition) is 0. The lowest BCUT2D eigenvalue weighted by Gasteiger charge is -2.19. The number of benzene rings is 2. The van der Waals surface area contributed by atoms with Crippen LogP contribution in [0.1, 0.15) is 49.5 Å². The van der Waals surface area contributed by atoms with Crippen LogP contribution in [0.25, 0.3) is 10.8 Å². The number of fused-ring (bicyclic) bond motifs is 1. The van der Waals surface area contributed by atoms with Crippen LogP contribution in [0.4, 0.5) is 0 Å². The molecule has 0 spiro atoms. The average molecular weight is 276 g/mol. The van der Waals surface area contributed by atoms with E-state index in [4.69, 9.17) is 0 Å². The Hall–Kier alpha value is -2.15. The summed E-state index contributed by atoms with van der Waals surface area (Å²) in [6.07, 6.45) is 1.02. The average Bonchev–Trinajstić information content (AvgIpc) is 2.70. The van der Waals surface area contributed by atoms with Gasteiger partial charge in [0, 0.05) is 11.5 Å². The fourth-order valence-corrected chi connectivity index (χ4v) is 3.51. The Kier molecular flexibility index (Phi) is 3.29. The van der Waals surface area contributed by atoms with E-state index in [1.165, 1.54) is 22.3 Å². The van der Waals surface area contributed by atoms with Crippen LogP contribution in [0.5, 0.6) is 0 Å². The normalized spacial score (nSPS) is 16.2. The zero-order valence-corrected chi connectivity index (χ0v) is 13.0. The molecule has 3 rings (SSSR count). The molecule has 2 aromatic rings. The maximum absolute atomic E-state index is 11.7. The van der Waals surface area contributed by atoms with Crippen molar-refractivity contribution >= 4 is 17.1 Å². The molecular formula is C20H20O. The van der Waals surface area contributed by atoms with Gasteiger partial charge in [0.05, 0.1) is 0 Å². The zero-order chi connectivity index (χ0) is 15.1. The Bertz CT molecular complexity index is 782. The molecule has 0 saturated carbocycles. The van der Waals surface area contributed by atoms with E-state index >= 15 is 0 Å². The van der Waals surface area contributed by atoms with Crippen LogP contribution in [0.3, 0.4) is 0 Å². The second-order valence-corrected chi connectivity index (χ2v) is 5.96. The van der Waals surface area contributed by atoms with E-state index in [0.29, 0.717) is 0 Å². The standard InChI is InChI=1S/C20H20O/c1-12-13(2)15(4)20(14(12)3)18-10-9-16-7-5-6-8-17(16)19(18)11-21/h5-11,20H,1-4H3. The van der Waals surface area contributed by atoms with Gasteiger partial charge in [-0.1, -0.05) is 47.5 Å². The summed E-state index contributed by atoms with van der Waals surface area (Å²) < 4.78 is 0. The molecular weight excluding hydrogens is 256 g/mol. The van der Waals surface area contributed by atoms with E-state index in [-0.39, 0.29) is 5.92 Å². The molecule has 0 radical (unpaired) electrons. The molecule has 2 aromatic carbocycles. The van der Waals surface area contributed by atoms with Crippen LogP contribution in [0, 0.1) is 0 Å². The number of carbonyl (C=O) groups is 1. The summed E-state index contributed by atoms with van der Waals surface area (Å²) in [5.74, 6) is 0.245. The van der Waals surface area contributed by atoms with E-state index in [1.807, 2.05) is 18.2 Å². The minimum Gasteiger partial charge on any atom is -0.298 e. The molecule has 0 fully saturated rings. The molecule has 0 bridgehead atoms. The van der Waals surface area contributed by atoms with E-state index in [0.717, 1.165) is 28.2 Å². The number of rotatable bonds is 2. The van der Waals surface area contributed by atoms with Gasteiger partial charge in [-0.15, -0.1) is 0 Å². The van der Waals surface area contributed by atoms with Crippen LogP contribution in [0.2, 0.25) is 0 Å². The van der Waals surface area contributed by atoms with Gasteiger partial charge in [0.25, 0.3) is 0 Å². The Balaban J connectivity index is 2.30. The molecule has 106 valence electrons. The van der Waals surface area contributed by atoms with Crippen molar-refractivity contribution in [1.82, 2.24) is 0 Å². The number of hydrogen-bond acceptors (Lipinski definition) is 1. The molecule has 1 heteroatoms. The largest absolute Gasteiger partial charge is 0.298 e. The highest BCUT2D eigenvalue weighted by Gasteiger charge is 2.27. The molecule has 0 N–H and O–H groups in total. The maximum atomic E-state index is 11.7. The van der Waals surface area contributed by atoms with Crippen molar-refractivity contribution in [3.8, 4) is 0 Å². The molecule has 1 nitrogen and oxygen atoms in total. The van der Waals surface area contributed by atoms with Gasteiger partial charge >= 0.3 is 0 Å². The summed E-state index contributed by atoms with van der Waals surface area (Å²) >= 11 is 0. The van der Waals surface area contributed by atoms with Gasteiger partial charge in [0.2, 0.25) is 0 Å². The van der Waals surface area contributed by atoms with Crippen LogP contribution >= 0.6 is 0 Å². The molecule has 0 heterocycles. The first-order valence-corrected chi connectivity index (χ1v) is 7.38. The first-order chi connectivity index (χ1) is 10.1. The molecule has 0 amide bonds. The van der Waals surface area contributed by atoms with Crippen molar-refractivity contribution in [2.75, 3.05) is 0 Å². The van der Waals surface area contributed by atoms with Crippen LogP contribution in [-0.2, 0) is 0 Å². The quantitative estimate of drug-likeness (QED) is 0.669. The lowest BCUT2D eigenvalue weighted by molar-refractivity contribution is 0.112. The molecule has 0 atom stereocenters. The van der Waals surface area contributed by atoms with Crippen LogP contribution in [0.15, 0.2) is 58.7 Å². The van der Waals surface area contributed by atoms with E-state index in [1.54, 1.807) is 0 Å². The smallest absolute Gasteiger partial charge is 0.150 e. The molecule has 1 aliphatic carbocycles. The first kappa shape index (κ1) is 13.8. The molecule has 21 heavy (non-hydrogen) atoms. The van der Waals surface area contributed by atoms with Crippen molar-refractivity contribution in [2.45, 2.75) is 33.6 Å². The molecule has 0 aromatic heterocycles. The second kappa shape index (κ2) is 5.00. The van der Waals surface area contributed by atoms with E-state index in [9.17, 15) is 4.79 Å². The summed E-state index contributed by atoms with van der Waals surface area (Å²) in [7, 11) is 0. The third kappa shape index (κ3) is 1.96. The van der Waals surface area contributed by atoms with Gasteiger partial charge in [0.1, 0.15) is 0 Å². The van der Waals surface area contributed by atoms with E-state index in [2.05, 4.69) is 45.9 Å². The maximum Gasteiger partial charge on any atom is 0.150 e. The van der Waals surface area contributed by atoms with Gasteiger partial charge in [-0.25, -0.2) is 0 Å². The lowest BCUT2D eigenvalue weighted by Crippen LogP contribution is -2.04. The number of aldehydes is 1. The summed E-state index contributed by atoms with van der Waals surface area (Å²) in [5, 5.41) is 2.17. The fraction of sp³-hybridized carbons (Fsp3) is 0.250. The third-order valence-corrected chi connectivity index (χ3v) is 5.04. The Morgan fingerprint density at radius 3 is 2.10 bits per heavy atom. The second-order valence-electron chi connectivity index (χ2n) is 5.96. The van der Waals surface area contributed by atoms with Crippen LogP contribution < -0.4 is 0 Å². The Morgan fingerprint density at radius 2 is 1.48 bits per heavy atom. The third-order valence-electron chi connectivity index (χ3n) is 5.04. The summed E-state index contributed by atoms with van der Waals surface area (Å²) in [6.45, 7) is 8.72. The SMILES string of the molecule is CC1=C(C)C(c2ccc3ccccc3c2C=O)C(C)=C1C. The predicted molar refractivity (Wildman–Crippen MR) is 88.8 cm³/mol. The first-order valence-electron chi connectivity index (χ1n) is 7.38. The van der Waals surface area contributed by atoms with Gasteiger partial charge in [-0.05, 0) is 55.2 Å². The molecule has 0 aliphatic heterocycles. The minimum absolute atomic E-state index is 0.245.